The third-order valence-corrected chi connectivity index (χ3v) is 7.71. The van der Waals surface area contributed by atoms with Crippen molar-refractivity contribution < 1.29 is 13.2 Å². The fourth-order valence-electron chi connectivity index (χ4n) is 3.13. The average molecular weight is 452 g/mol. The van der Waals surface area contributed by atoms with Crippen molar-refractivity contribution in [1.82, 2.24) is 9.29 Å². The number of anilines is 1. The van der Waals surface area contributed by atoms with Crippen LogP contribution in [0.15, 0.2) is 77.7 Å². The van der Waals surface area contributed by atoms with Crippen LogP contribution in [-0.2, 0) is 10.0 Å². The Labute approximate surface area is 185 Å². The number of hydrogen-bond acceptors (Lipinski definition) is 6. The molecule has 0 aliphatic heterocycles. The maximum absolute atomic E-state index is 12.8. The summed E-state index contributed by atoms with van der Waals surface area (Å²) in [5.74, 6) is -0.199. The van der Waals surface area contributed by atoms with E-state index in [0.717, 1.165) is 30.8 Å². The number of para-hydroxylation sites is 2. The number of aromatic nitrogens is 1. The quantitative estimate of drug-likeness (QED) is 0.418. The molecule has 8 heteroatoms. The molecule has 0 saturated carbocycles. The number of nitrogens with zero attached hydrogens (tertiary/aromatic N) is 2. The number of thiazole rings is 1. The van der Waals surface area contributed by atoms with Crippen LogP contribution in [-0.4, -0.2) is 44.1 Å². The molecule has 1 aromatic heterocycles. The lowest BCUT2D eigenvalue weighted by atomic mass is 10.1. The van der Waals surface area contributed by atoms with E-state index in [1.807, 2.05) is 48.5 Å². The van der Waals surface area contributed by atoms with Gasteiger partial charge in [-0.05, 0) is 36.4 Å². The van der Waals surface area contributed by atoms with Gasteiger partial charge in [-0.1, -0.05) is 36.4 Å². The van der Waals surface area contributed by atoms with E-state index < -0.39 is 10.0 Å². The van der Waals surface area contributed by atoms with E-state index in [1.165, 1.54) is 26.2 Å². The molecule has 1 heterocycles. The SMILES string of the molecule is CN(C)S(=O)(=O)c1cccc(C(=O)CNc2ccccc2-c2nc3ccccc3s2)c1. The van der Waals surface area contributed by atoms with Crippen LogP contribution in [0.3, 0.4) is 0 Å². The third-order valence-electron chi connectivity index (χ3n) is 4.83. The molecule has 1 N–H and O–H groups in total. The van der Waals surface area contributed by atoms with Crippen LogP contribution in [0.5, 0.6) is 0 Å². The van der Waals surface area contributed by atoms with Crippen LogP contribution in [0, 0.1) is 0 Å². The molecule has 31 heavy (non-hydrogen) atoms. The molecule has 0 saturated heterocycles. The van der Waals surface area contributed by atoms with E-state index >= 15 is 0 Å². The topological polar surface area (TPSA) is 79.4 Å². The van der Waals surface area contributed by atoms with Crippen LogP contribution in [0.2, 0.25) is 0 Å². The summed E-state index contributed by atoms with van der Waals surface area (Å²) < 4.78 is 26.9. The smallest absolute Gasteiger partial charge is 0.242 e. The molecular weight excluding hydrogens is 430 g/mol. The second kappa shape index (κ2) is 8.58. The molecule has 0 aliphatic rings. The molecular formula is C23H21N3O3S2. The number of sulfonamides is 1. The number of carbonyl (C=O) groups is 1. The van der Waals surface area contributed by atoms with Crippen LogP contribution in [0.25, 0.3) is 20.8 Å². The molecule has 0 aliphatic carbocycles. The Balaban J connectivity index is 1.56. The number of fused-ring (bicyclic) bond motifs is 1. The zero-order chi connectivity index (χ0) is 22.0. The highest BCUT2D eigenvalue weighted by molar-refractivity contribution is 7.89. The predicted octanol–water partition coefficient (Wildman–Crippen LogP) is 4.51. The lowest BCUT2D eigenvalue weighted by Gasteiger charge is -2.13. The monoisotopic (exact) mass is 451 g/mol. The Bertz CT molecular complexity index is 1330. The highest BCUT2D eigenvalue weighted by Crippen LogP contribution is 2.34. The second-order valence-electron chi connectivity index (χ2n) is 7.12. The van der Waals surface area contributed by atoms with Crippen molar-refractivity contribution in [2.45, 2.75) is 4.90 Å². The van der Waals surface area contributed by atoms with Crippen LogP contribution in [0.1, 0.15) is 10.4 Å². The molecule has 158 valence electrons. The van der Waals surface area contributed by atoms with Crippen LogP contribution >= 0.6 is 11.3 Å². The first-order chi connectivity index (χ1) is 14.9. The molecule has 0 unspecified atom stereocenters. The molecule has 3 aromatic carbocycles. The Morgan fingerprint density at radius 1 is 1.00 bits per heavy atom. The number of rotatable bonds is 7. The number of ketones is 1. The van der Waals surface area contributed by atoms with E-state index in [1.54, 1.807) is 23.5 Å². The first kappa shape index (κ1) is 21.2. The number of carbonyl (C=O) groups excluding carboxylic acids is 1. The lowest BCUT2D eigenvalue weighted by molar-refractivity contribution is 0.101. The van der Waals surface area contributed by atoms with Gasteiger partial charge in [-0.3, -0.25) is 4.79 Å². The highest BCUT2D eigenvalue weighted by Gasteiger charge is 2.19. The summed E-state index contributed by atoms with van der Waals surface area (Å²) in [4.78, 5) is 17.6. The molecule has 4 rings (SSSR count). The fraction of sp³-hybridized carbons (Fsp3) is 0.130. The van der Waals surface area contributed by atoms with E-state index in [-0.39, 0.29) is 17.2 Å². The second-order valence-corrected chi connectivity index (χ2v) is 10.3. The van der Waals surface area contributed by atoms with Crippen LogP contribution < -0.4 is 5.32 Å². The Hall–Kier alpha value is -3.07. The van der Waals surface area contributed by atoms with Crippen molar-refractivity contribution in [3.63, 3.8) is 0 Å². The summed E-state index contributed by atoms with van der Waals surface area (Å²) in [5, 5.41) is 4.06. The van der Waals surface area contributed by atoms with Gasteiger partial charge in [0.05, 0.1) is 21.7 Å². The average Bonchev–Trinajstić information content (AvgIpc) is 3.21. The van der Waals surface area contributed by atoms with Gasteiger partial charge in [-0.25, -0.2) is 17.7 Å². The van der Waals surface area contributed by atoms with E-state index in [4.69, 9.17) is 4.98 Å². The largest absolute Gasteiger partial charge is 0.377 e. The first-order valence-corrected chi connectivity index (χ1v) is 11.9. The summed E-state index contributed by atoms with van der Waals surface area (Å²) >= 11 is 1.60. The van der Waals surface area contributed by atoms with Crippen molar-refractivity contribution in [3.05, 3.63) is 78.4 Å². The van der Waals surface area contributed by atoms with Gasteiger partial charge in [0.25, 0.3) is 0 Å². The van der Waals surface area contributed by atoms with Crippen molar-refractivity contribution >= 4 is 43.0 Å². The number of nitrogens with one attached hydrogen (secondary N) is 1. The minimum Gasteiger partial charge on any atom is -0.377 e. The third kappa shape index (κ3) is 4.36. The zero-order valence-corrected chi connectivity index (χ0v) is 18.7. The molecule has 0 fully saturated rings. The molecule has 0 bridgehead atoms. The van der Waals surface area contributed by atoms with Gasteiger partial charge in [0.1, 0.15) is 5.01 Å². The Kier molecular flexibility index (Phi) is 5.86. The normalized spacial score (nSPS) is 11.7. The number of hydrogen-bond donors (Lipinski definition) is 1. The Morgan fingerprint density at radius 2 is 1.74 bits per heavy atom. The molecule has 0 radical (unpaired) electrons. The van der Waals surface area contributed by atoms with Gasteiger partial charge in [0, 0.05) is 30.9 Å². The maximum Gasteiger partial charge on any atom is 0.242 e. The predicted molar refractivity (Wildman–Crippen MR) is 125 cm³/mol. The van der Waals surface area contributed by atoms with Gasteiger partial charge in [0.15, 0.2) is 5.78 Å². The standard InChI is InChI=1S/C23H21N3O3S2/c1-26(2)31(28,29)17-9-7-8-16(14-17)21(27)15-24-19-11-4-3-10-18(19)23-25-20-12-5-6-13-22(20)30-23/h3-14,24H,15H2,1-2H3. The first-order valence-electron chi connectivity index (χ1n) is 9.61. The van der Waals surface area contributed by atoms with Gasteiger partial charge < -0.3 is 5.32 Å². The summed E-state index contributed by atoms with van der Waals surface area (Å²) in [6.07, 6.45) is 0. The van der Waals surface area contributed by atoms with E-state index in [2.05, 4.69) is 5.32 Å². The Morgan fingerprint density at radius 3 is 2.52 bits per heavy atom. The van der Waals surface area contributed by atoms with Gasteiger partial charge in [-0.15, -0.1) is 11.3 Å². The molecule has 0 spiro atoms. The summed E-state index contributed by atoms with van der Waals surface area (Å²) in [7, 11) is -0.676. The maximum atomic E-state index is 12.8. The highest BCUT2D eigenvalue weighted by atomic mass is 32.2. The summed E-state index contributed by atoms with van der Waals surface area (Å²) in [6, 6.07) is 21.8. The fourth-order valence-corrected chi connectivity index (χ4v) is 5.08. The van der Waals surface area contributed by atoms with E-state index in [0.29, 0.717) is 5.56 Å². The van der Waals surface area contributed by atoms with Gasteiger partial charge >= 0.3 is 0 Å². The lowest BCUT2D eigenvalue weighted by Crippen LogP contribution is -2.22. The molecule has 0 atom stereocenters. The van der Waals surface area contributed by atoms with E-state index in [9.17, 15) is 13.2 Å². The summed E-state index contributed by atoms with van der Waals surface area (Å²) in [5.41, 5.74) is 2.99. The number of Topliss-reactive ketones (excluding diaryl/α,β-unsaturated/α-hetero) is 1. The van der Waals surface area contributed by atoms with Crippen LogP contribution in [0.4, 0.5) is 5.69 Å². The molecule has 4 aromatic rings. The van der Waals surface area contributed by atoms with Gasteiger partial charge in [0.2, 0.25) is 10.0 Å². The minimum atomic E-state index is -3.60. The summed E-state index contributed by atoms with van der Waals surface area (Å²) in [6.45, 7) is 0.0351. The van der Waals surface area contributed by atoms with Crippen molar-refractivity contribution in [2.75, 3.05) is 26.0 Å². The van der Waals surface area contributed by atoms with Crippen molar-refractivity contribution in [2.24, 2.45) is 0 Å². The van der Waals surface area contributed by atoms with Crippen molar-refractivity contribution in [3.8, 4) is 10.6 Å². The molecule has 0 amide bonds. The van der Waals surface area contributed by atoms with Crippen molar-refractivity contribution in [1.29, 1.82) is 0 Å². The van der Waals surface area contributed by atoms with Gasteiger partial charge in [-0.2, -0.15) is 0 Å². The minimum absolute atomic E-state index is 0.0351. The zero-order valence-electron chi connectivity index (χ0n) is 17.1. The molecule has 6 nitrogen and oxygen atoms in total. The number of benzene rings is 3.